The van der Waals surface area contributed by atoms with Crippen LogP contribution in [0.3, 0.4) is 0 Å². The van der Waals surface area contributed by atoms with Gasteiger partial charge < -0.3 is 5.32 Å². The average Bonchev–Trinajstić information content (AvgIpc) is 2.30. The van der Waals surface area contributed by atoms with Crippen molar-refractivity contribution in [1.29, 1.82) is 5.26 Å². The normalized spacial score (nSPS) is 11.1. The SMILES string of the molecule is CC(C)C(CNc1ccc(Cl)c(C#N)c1)C(C)C. The second-order valence-electron chi connectivity index (χ2n) is 5.34. The van der Waals surface area contributed by atoms with E-state index in [1.807, 2.05) is 6.07 Å². The summed E-state index contributed by atoms with van der Waals surface area (Å²) in [4.78, 5) is 0. The monoisotopic (exact) mass is 264 g/mol. The highest BCUT2D eigenvalue weighted by atomic mass is 35.5. The highest BCUT2D eigenvalue weighted by Gasteiger charge is 2.17. The van der Waals surface area contributed by atoms with Crippen LogP contribution in [0.25, 0.3) is 0 Å². The van der Waals surface area contributed by atoms with Crippen molar-refractivity contribution in [3.63, 3.8) is 0 Å². The largest absolute Gasteiger partial charge is 0.385 e. The smallest absolute Gasteiger partial charge is 0.101 e. The lowest BCUT2D eigenvalue weighted by molar-refractivity contribution is 0.304. The number of hydrogen-bond donors (Lipinski definition) is 1. The van der Waals surface area contributed by atoms with Crippen molar-refractivity contribution in [1.82, 2.24) is 0 Å². The lowest BCUT2D eigenvalue weighted by atomic mass is 9.85. The van der Waals surface area contributed by atoms with Crippen LogP contribution in [-0.2, 0) is 0 Å². The topological polar surface area (TPSA) is 35.8 Å². The minimum atomic E-state index is 0.507. The van der Waals surface area contributed by atoms with E-state index in [4.69, 9.17) is 16.9 Å². The minimum Gasteiger partial charge on any atom is -0.385 e. The first-order chi connectivity index (χ1) is 8.45. The summed E-state index contributed by atoms with van der Waals surface area (Å²) in [5.41, 5.74) is 1.48. The lowest BCUT2D eigenvalue weighted by Crippen LogP contribution is -2.24. The molecule has 0 aliphatic carbocycles. The minimum absolute atomic E-state index is 0.507. The zero-order valence-electron chi connectivity index (χ0n) is 11.5. The Bertz CT molecular complexity index is 425. The van der Waals surface area contributed by atoms with Crippen LogP contribution in [0.2, 0.25) is 5.02 Å². The van der Waals surface area contributed by atoms with Gasteiger partial charge in [0.05, 0.1) is 10.6 Å². The van der Waals surface area contributed by atoms with E-state index in [1.165, 1.54) is 0 Å². The molecule has 0 saturated carbocycles. The predicted octanol–water partition coefficient (Wildman–Crippen LogP) is 4.55. The van der Waals surface area contributed by atoms with E-state index < -0.39 is 0 Å². The van der Waals surface area contributed by atoms with Crippen LogP contribution in [0.5, 0.6) is 0 Å². The summed E-state index contributed by atoms with van der Waals surface area (Å²) in [5, 5.41) is 12.8. The third kappa shape index (κ3) is 3.92. The van der Waals surface area contributed by atoms with Crippen LogP contribution in [0.15, 0.2) is 18.2 Å². The molecule has 0 unspecified atom stereocenters. The quantitative estimate of drug-likeness (QED) is 0.847. The molecule has 1 rings (SSSR count). The number of nitrogens with one attached hydrogen (secondary N) is 1. The molecule has 98 valence electrons. The fourth-order valence-electron chi connectivity index (χ4n) is 2.20. The second-order valence-corrected chi connectivity index (χ2v) is 5.75. The van der Waals surface area contributed by atoms with Crippen LogP contribution in [0.4, 0.5) is 5.69 Å². The van der Waals surface area contributed by atoms with Crippen molar-refractivity contribution in [2.24, 2.45) is 17.8 Å². The molecule has 0 fully saturated rings. The van der Waals surface area contributed by atoms with E-state index in [1.54, 1.807) is 12.1 Å². The number of nitrogens with zero attached hydrogens (tertiary/aromatic N) is 1. The van der Waals surface area contributed by atoms with Gasteiger partial charge in [0, 0.05) is 12.2 Å². The van der Waals surface area contributed by atoms with E-state index in [2.05, 4.69) is 39.1 Å². The van der Waals surface area contributed by atoms with Gasteiger partial charge in [0.1, 0.15) is 6.07 Å². The standard InChI is InChI=1S/C15H21ClN2/c1-10(2)14(11(3)4)9-18-13-5-6-15(16)12(7-13)8-17/h5-7,10-11,14,18H,9H2,1-4H3. The van der Waals surface area contributed by atoms with Crippen LogP contribution in [0, 0.1) is 29.1 Å². The highest BCUT2D eigenvalue weighted by molar-refractivity contribution is 6.31. The molecule has 0 aromatic heterocycles. The van der Waals surface area contributed by atoms with Gasteiger partial charge in [0.25, 0.3) is 0 Å². The zero-order valence-corrected chi connectivity index (χ0v) is 12.3. The molecule has 0 heterocycles. The summed E-state index contributed by atoms with van der Waals surface area (Å²) < 4.78 is 0. The third-order valence-corrected chi connectivity index (χ3v) is 3.67. The molecule has 0 amide bonds. The van der Waals surface area contributed by atoms with E-state index in [-0.39, 0.29) is 0 Å². The lowest BCUT2D eigenvalue weighted by Gasteiger charge is -2.25. The number of halogens is 1. The predicted molar refractivity (Wildman–Crippen MR) is 77.8 cm³/mol. The summed E-state index contributed by atoms with van der Waals surface area (Å²) >= 11 is 5.91. The molecule has 0 radical (unpaired) electrons. The van der Waals surface area contributed by atoms with E-state index in [0.717, 1.165) is 12.2 Å². The van der Waals surface area contributed by atoms with Gasteiger partial charge in [-0.3, -0.25) is 0 Å². The van der Waals surface area contributed by atoms with Crippen molar-refractivity contribution in [2.45, 2.75) is 27.7 Å². The van der Waals surface area contributed by atoms with Crippen LogP contribution in [0.1, 0.15) is 33.3 Å². The fourth-order valence-corrected chi connectivity index (χ4v) is 2.36. The molecule has 18 heavy (non-hydrogen) atoms. The van der Waals surface area contributed by atoms with Gasteiger partial charge in [-0.25, -0.2) is 0 Å². The molecule has 0 aliphatic rings. The molecule has 0 saturated heterocycles. The van der Waals surface area contributed by atoms with Crippen LogP contribution in [-0.4, -0.2) is 6.54 Å². The van der Waals surface area contributed by atoms with Crippen molar-refractivity contribution in [3.05, 3.63) is 28.8 Å². The van der Waals surface area contributed by atoms with E-state index in [9.17, 15) is 0 Å². The summed E-state index contributed by atoms with van der Waals surface area (Å²) in [5.74, 6) is 1.90. The Morgan fingerprint density at radius 2 is 1.83 bits per heavy atom. The van der Waals surface area contributed by atoms with Gasteiger partial charge in [-0.1, -0.05) is 39.3 Å². The Labute approximate surface area is 115 Å². The fraction of sp³-hybridized carbons (Fsp3) is 0.533. The molecule has 2 nitrogen and oxygen atoms in total. The summed E-state index contributed by atoms with van der Waals surface area (Å²) in [6.07, 6.45) is 0. The first kappa shape index (κ1) is 14.9. The van der Waals surface area contributed by atoms with Gasteiger partial charge in [0.2, 0.25) is 0 Å². The molecular formula is C15H21ClN2. The Balaban J connectivity index is 2.71. The Morgan fingerprint density at radius 3 is 2.33 bits per heavy atom. The van der Waals surface area contributed by atoms with E-state index in [0.29, 0.717) is 28.3 Å². The van der Waals surface area contributed by atoms with Gasteiger partial charge in [-0.15, -0.1) is 0 Å². The maximum Gasteiger partial charge on any atom is 0.101 e. The first-order valence-electron chi connectivity index (χ1n) is 6.39. The number of nitriles is 1. The number of rotatable bonds is 5. The van der Waals surface area contributed by atoms with Gasteiger partial charge in [-0.05, 0) is 36.0 Å². The van der Waals surface area contributed by atoms with Gasteiger partial charge >= 0.3 is 0 Å². The number of benzene rings is 1. The first-order valence-corrected chi connectivity index (χ1v) is 6.77. The number of anilines is 1. The van der Waals surface area contributed by atoms with Crippen LogP contribution < -0.4 is 5.32 Å². The molecule has 1 aromatic rings. The maximum absolute atomic E-state index is 8.93. The Morgan fingerprint density at radius 1 is 1.22 bits per heavy atom. The zero-order chi connectivity index (χ0) is 13.7. The van der Waals surface area contributed by atoms with Crippen molar-refractivity contribution in [2.75, 3.05) is 11.9 Å². The molecule has 3 heteroatoms. The van der Waals surface area contributed by atoms with Gasteiger partial charge in [-0.2, -0.15) is 5.26 Å². The Hall–Kier alpha value is -1.20. The molecular weight excluding hydrogens is 244 g/mol. The van der Waals surface area contributed by atoms with E-state index >= 15 is 0 Å². The molecule has 1 N–H and O–H groups in total. The maximum atomic E-state index is 8.93. The molecule has 0 spiro atoms. The Kier molecular flexibility index (Phi) is 5.50. The summed E-state index contributed by atoms with van der Waals surface area (Å²) in [6.45, 7) is 9.90. The van der Waals surface area contributed by atoms with Crippen LogP contribution >= 0.6 is 11.6 Å². The second kappa shape index (κ2) is 6.66. The third-order valence-electron chi connectivity index (χ3n) is 3.34. The average molecular weight is 265 g/mol. The summed E-state index contributed by atoms with van der Waals surface area (Å²) in [7, 11) is 0. The molecule has 1 aromatic carbocycles. The van der Waals surface area contributed by atoms with Gasteiger partial charge in [0.15, 0.2) is 0 Å². The molecule has 0 aliphatic heterocycles. The van der Waals surface area contributed by atoms with Crippen molar-refractivity contribution in [3.8, 4) is 6.07 Å². The van der Waals surface area contributed by atoms with Crippen molar-refractivity contribution >= 4 is 17.3 Å². The highest BCUT2D eigenvalue weighted by Crippen LogP contribution is 2.23. The van der Waals surface area contributed by atoms with Crippen molar-refractivity contribution < 1.29 is 0 Å². The molecule has 0 bridgehead atoms. The summed E-state index contributed by atoms with van der Waals surface area (Å²) in [6, 6.07) is 7.59. The molecule has 0 atom stereocenters. The number of hydrogen-bond acceptors (Lipinski definition) is 2.